The van der Waals surface area contributed by atoms with E-state index >= 15 is 0 Å². The molecule has 0 aliphatic rings. The molecule has 22 heavy (non-hydrogen) atoms. The molecule has 0 fully saturated rings. The van der Waals surface area contributed by atoms with Crippen LogP contribution in [0.15, 0.2) is 51.8 Å². The number of nitrogens with one attached hydrogen (secondary N) is 1. The van der Waals surface area contributed by atoms with Crippen molar-refractivity contribution in [1.82, 2.24) is 0 Å². The van der Waals surface area contributed by atoms with Gasteiger partial charge in [-0.1, -0.05) is 12.1 Å². The lowest BCUT2D eigenvalue weighted by Crippen LogP contribution is -2.17. The molecule has 0 aliphatic heterocycles. The van der Waals surface area contributed by atoms with Gasteiger partial charge in [-0.05, 0) is 46.3 Å². The molecular weight excluding hydrogens is 372 g/mol. The van der Waals surface area contributed by atoms with Crippen molar-refractivity contribution in [2.45, 2.75) is 4.90 Å². The maximum Gasteiger partial charge on any atom is 0.255 e. The van der Waals surface area contributed by atoms with Crippen molar-refractivity contribution in [3.05, 3.63) is 52.5 Å². The Kier molecular flexibility index (Phi) is 4.84. The average Bonchev–Trinajstić information content (AvgIpc) is 2.48. The van der Waals surface area contributed by atoms with E-state index in [0.29, 0.717) is 10.2 Å². The highest BCUT2D eigenvalue weighted by molar-refractivity contribution is 9.10. The zero-order chi connectivity index (χ0) is 16.3. The summed E-state index contributed by atoms with van der Waals surface area (Å²) >= 11 is 3.32. The smallest absolute Gasteiger partial charge is 0.255 e. The predicted molar refractivity (Wildman–Crippen MR) is 86.5 cm³/mol. The molecule has 0 unspecified atom stereocenters. The van der Waals surface area contributed by atoms with Gasteiger partial charge in [-0.25, -0.2) is 13.6 Å². The first-order chi connectivity index (χ1) is 10.3. The lowest BCUT2D eigenvalue weighted by molar-refractivity contribution is 0.102. The number of hydrogen-bond donors (Lipinski definition) is 2. The van der Waals surface area contributed by atoms with E-state index in [-0.39, 0.29) is 16.2 Å². The Morgan fingerprint density at radius 1 is 1.23 bits per heavy atom. The second-order valence-electron chi connectivity index (χ2n) is 4.34. The van der Waals surface area contributed by atoms with Crippen LogP contribution in [0.3, 0.4) is 0 Å². The molecule has 0 aromatic heterocycles. The standard InChI is InChI=1S/C14H13BrN2O4S/c1-21-12-7-6-9(8-13(12)22(16,19)20)14(18)17-11-5-3-2-4-10(11)15/h2-8H,1H3,(H,17,18)(H2,16,19,20). The summed E-state index contributed by atoms with van der Waals surface area (Å²) in [4.78, 5) is 12.0. The summed E-state index contributed by atoms with van der Waals surface area (Å²) in [5.41, 5.74) is 0.723. The molecule has 6 nitrogen and oxygen atoms in total. The molecule has 2 aromatic carbocycles. The van der Waals surface area contributed by atoms with E-state index in [1.807, 2.05) is 6.07 Å². The van der Waals surface area contributed by atoms with Gasteiger partial charge in [0.05, 0.1) is 12.8 Å². The number of ether oxygens (including phenoxy) is 1. The molecular formula is C14H13BrN2O4S. The third-order valence-electron chi connectivity index (χ3n) is 2.85. The van der Waals surface area contributed by atoms with Crippen LogP contribution in [0.1, 0.15) is 10.4 Å². The van der Waals surface area contributed by atoms with Crippen LogP contribution in [-0.4, -0.2) is 21.4 Å². The first kappa shape index (κ1) is 16.5. The van der Waals surface area contributed by atoms with E-state index in [1.54, 1.807) is 18.2 Å². The van der Waals surface area contributed by atoms with Gasteiger partial charge in [0.15, 0.2) is 0 Å². The number of amides is 1. The summed E-state index contributed by atoms with van der Waals surface area (Å²) in [7, 11) is -2.67. The third kappa shape index (κ3) is 3.65. The normalized spacial score (nSPS) is 11.0. The zero-order valence-electron chi connectivity index (χ0n) is 11.5. The van der Waals surface area contributed by atoms with E-state index < -0.39 is 15.9 Å². The monoisotopic (exact) mass is 384 g/mol. The van der Waals surface area contributed by atoms with Gasteiger partial charge in [-0.3, -0.25) is 4.79 Å². The minimum Gasteiger partial charge on any atom is -0.495 e. The Morgan fingerprint density at radius 2 is 1.91 bits per heavy atom. The van der Waals surface area contributed by atoms with Crippen LogP contribution >= 0.6 is 15.9 Å². The number of carbonyl (C=O) groups excluding carboxylic acids is 1. The van der Waals surface area contributed by atoms with Crippen molar-refractivity contribution in [1.29, 1.82) is 0 Å². The van der Waals surface area contributed by atoms with Gasteiger partial charge in [0.25, 0.3) is 5.91 Å². The molecule has 0 spiro atoms. The number of carbonyl (C=O) groups is 1. The number of sulfonamides is 1. The molecule has 0 atom stereocenters. The maximum atomic E-state index is 12.2. The number of benzene rings is 2. The quantitative estimate of drug-likeness (QED) is 0.844. The second-order valence-corrected chi connectivity index (χ2v) is 6.73. The number of para-hydroxylation sites is 1. The molecule has 0 saturated heterocycles. The predicted octanol–water partition coefficient (Wildman–Crippen LogP) is 2.36. The molecule has 0 heterocycles. The molecule has 8 heteroatoms. The number of rotatable bonds is 4. The van der Waals surface area contributed by atoms with Crippen LogP contribution in [0.2, 0.25) is 0 Å². The van der Waals surface area contributed by atoms with Gasteiger partial charge >= 0.3 is 0 Å². The van der Waals surface area contributed by atoms with E-state index in [9.17, 15) is 13.2 Å². The summed E-state index contributed by atoms with van der Waals surface area (Å²) in [5, 5.41) is 7.81. The van der Waals surface area contributed by atoms with Crippen LogP contribution in [-0.2, 0) is 10.0 Å². The molecule has 3 N–H and O–H groups in total. The highest BCUT2D eigenvalue weighted by atomic mass is 79.9. The van der Waals surface area contributed by atoms with Crippen molar-refractivity contribution >= 4 is 37.5 Å². The van der Waals surface area contributed by atoms with Crippen LogP contribution in [0.4, 0.5) is 5.69 Å². The van der Waals surface area contributed by atoms with Gasteiger partial charge in [0.2, 0.25) is 10.0 Å². The topological polar surface area (TPSA) is 98.5 Å². The maximum absolute atomic E-state index is 12.2. The minimum atomic E-state index is -4.00. The SMILES string of the molecule is COc1ccc(C(=O)Nc2ccccc2Br)cc1S(N)(=O)=O. The van der Waals surface area contributed by atoms with Gasteiger partial charge in [-0.15, -0.1) is 0 Å². The molecule has 0 aliphatic carbocycles. The summed E-state index contributed by atoms with van der Waals surface area (Å²) in [6, 6.07) is 11.1. The molecule has 116 valence electrons. The summed E-state index contributed by atoms with van der Waals surface area (Å²) in [6.07, 6.45) is 0. The largest absolute Gasteiger partial charge is 0.495 e. The number of nitrogens with two attached hydrogens (primary N) is 1. The first-order valence-corrected chi connectivity index (χ1v) is 8.43. The Morgan fingerprint density at radius 3 is 2.50 bits per heavy atom. The van der Waals surface area contributed by atoms with E-state index in [4.69, 9.17) is 9.88 Å². The van der Waals surface area contributed by atoms with Crippen molar-refractivity contribution in [3.63, 3.8) is 0 Å². The number of primary sulfonamides is 1. The average molecular weight is 385 g/mol. The van der Waals surface area contributed by atoms with Crippen LogP contribution < -0.4 is 15.2 Å². The van der Waals surface area contributed by atoms with E-state index in [0.717, 1.165) is 0 Å². The van der Waals surface area contributed by atoms with Crippen molar-refractivity contribution in [3.8, 4) is 5.75 Å². The fourth-order valence-corrected chi connectivity index (χ4v) is 2.90. The highest BCUT2D eigenvalue weighted by Gasteiger charge is 2.18. The van der Waals surface area contributed by atoms with E-state index in [1.165, 1.54) is 25.3 Å². The summed E-state index contributed by atoms with van der Waals surface area (Å²) in [6.45, 7) is 0. The van der Waals surface area contributed by atoms with Crippen LogP contribution in [0.5, 0.6) is 5.75 Å². The van der Waals surface area contributed by atoms with Crippen molar-refractivity contribution < 1.29 is 17.9 Å². The number of halogens is 1. The number of anilines is 1. The Balaban J connectivity index is 2.37. The third-order valence-corrected chi connectivity index (χ3v) is 4.48. The zero-order valence-corrected chi connectivity index (χ0v) is 13.9. The number of hydrogen-bond acceptors (Lipinski definition) is 4. The number of methoxy groups -OCH3 is 1. The molecule has 0 bridgehead atoms. The summed E-state index contributed by atoms with van der Waals surface area (Å²) in [5.74, 6) is -0.376. The lowest BCUT2D eigenvalue weighted by atomic mass is 10.2. The Bertz CT molecular complexity index is 821. The molecule has 2 aromatic rings. The second kappa shape index (κ2) is 6.47. The first-order valence-electron chi connectivity index (χ1n) is 6.09. The molecule has 1 amide bonds. The summed E-state index contributed by atoms with van der Waals surface area (Å²) < 4.78 is 28.8. The molecule has 0 saturated carbocycles. The van der Waals surface area contributed by atoms with Crippen molar-refractivity contribution in [2.24, 2.45) is 5.14 Å². The fourth-order valence-electron chi connectivity index (χ4n) is 1.80. The minimum absolute atomic E-state index is 0.0833. The Hall–Kier alpha value is -1.90. The molecule has 0 radical (unpaired) electrons. The van der Waals surface area contributed by atoms with Gasteiger partial charge < -0.3 is 10.1 Å². The van der Waals surface area contributed by atoms with Gasteiger partial charge in [0, 0.05) is 10.0 Å². The molecule has 2 rings (SSSR count). The Labute approximate surface area is 136 Å². The van der Waals surface area contributed by atoms with Crippen LogP contribution in [0, 0.1) is 0 Å². The van der Waals surface area contributed by atoms with Crippen LogP contribution in [0.25, 0.3) is 0 Å². The van der Waals surface area contributed by atoms with Gasteiger partial charge in [0.1, 0.15) is 10.6 Å². The van der Waals surface area contributed by atoms with E-state index in [2.05, 4.69) is 21.2 Å². The fraction of sp³-hybridized carbons (Fsp3) is 0.0714. The lowest BCUT2D eigenvalue weighted by Gasteiger charge is -2.10. The van der Waals surface area contributed by atoms with Gasteiger partial charge in [-0.2, -0.15) is 0 Å². The highest BCUT2D eigenvalue weighted by Crippen LogP contribution is 2.25. The van der Waals surface area contributed by atoms with Crippen molar-refractivity contribution in [2.75, 3.05) is 12.4 Å².